The predicted molar refractivity (Wildman–Crippen MR) is 86.6 cm³/mol. The van der Waals surface area contributed by atoms with E-state index in [4.69, 9.17) is 0 Å². The first kappa shape index (κ1) is 13.9. The number of benzene rings is 2. The minimum atomic E-state index is -0.328. The molecule has 1 fully saturated rings. The largest absolute Gasteiger partial charge is 0.294 e. The van der Waals surface area contributed by atoms with Gasteiger partial charge in [-0.15, -0.1) is 0 Å². The fraction of sp³-hybridized carbons (Fsp3) is 0.450. The van der Waals surface area contributed by atoms with E-state index in [0.29, 0.717) is 11.5 Å². The third-order valence-electron chi connectivity index (χ3n) is 5.75. The molecule has 2 aromatic rings. The number of halogens is 1. The molecule has 0 spiro atoms. The van der Waals surface area contributed by atoms with Crippen molar-refractivity contribution in [3.05, 3.63) is 47.3 Å². The molecule has 0 radical (unpaired) electrons. The summed E-state index contributed by atoms with van der Waals surface area (Å²) in [5.74, 6) is 0.938. The highest BCUT2D eigenvalue weighted by Crippen LogP contribution is 2.42. The fourth-order valence-electron chi connectivity index (χ4n) is 4.43. The van der Waals surface area contributed by atoms with Crippen molar-refractivity contribution in [3.8, 4) is 0 Å². The van der Waals surface area contributed by atoms with E-state index in [1.165, 1.54) is 18.9 Å². The summed E-state index contributed by atoms with van der Waals surface area (Å²) >= 11 is 0. The molecule has 0 N–H and O–H groups in total. The van der Waals surface area contributed by atoms with Crippen molar-refractivity contribution in [2.75, 3.05) is 0 Å². The number of carbonyl (C=O) groups excluding carboxylic acids is 1. The van der Waals surface area contributed by atoms with Gasteiger partial charge in [0, 0.05) is 5.92 Å². The van der Waals surface area contributed by atoms with E-state index in [0.717, 1.165) is 41.5 Å². The average molecular weight is 296 g/mol. The molecule has 22 heavy (non-hydrogen) atoms. The summed E-state index contributed by atoms with van der Waals surface area (Å²) in [4.78, 5) is 12.8. The minimum absolute atomic E-state index is 0.00260. The third kappa shape index (κ3) is 2.08. The monoisotopic (exact) mass is 296 g/mol. The smallest absolute Gasteiger partial charge is 0.169 e. The predicted octanol–water partition coefficient (Wildman–Crippen LogP) is 5.16. The van der Waals surface area contributed by atoms with Crippen molar-refractivity contribution < 1.29 is 9.18 Å². The second kappa shape index (κ2) is 5.19. The van der Waals surface area contributed by atoms with Gasteiger partial charge in [-0.25, -0.2) is 4.39 Å². The normalized spacial score (nSPS) is 28.1. The number of Topliss-reactive ketones (excluding diaryl/α,β-unsaturated/α-hetero) is 1. The summed E-state index contributed by atoms with van der Waals surface area (Å²) in [6.07, 6.45) is 5.36. The molecule has 0 heterocycles. The molecular formula is C20H21FO. The summed E-state index contributed by atoms with van der Waals surface area (Å²) in [6, 6.07) is 9.37. The van der Waals surface area contributed by atoms with Gasteiger partial charge in [-0.3, -0.25) is 4.79 Å². The highest BCUT2D eigenvalue weighted by Gasteiger charge is 2.39. The van der Waals surface area contributed by atoms with Gasteiger partial charge in [0.2, 0.25) is 0 Å². The lowest BCUT2D eigenvalue weighted by Gasteiger charge is -2.29. The van der Waals surface area contributed by atoms with Gasteiger partial charge in [0.1, 0.15) is 5.82 Å². The molecule has 0 saturated heterocycles. The molecule has 0 aliphatic heterocycles. The molecule has 2 aliphatic carbocycles. The van der Waals surface area contributed by atoms with E-state index in [1.807, 2.05) is 24.3 Å². The van der Waals surface area contributed by atoms with Gasteiger partial charge in [-0.2, -0.15) is 0 Å². The van der Waals surface area contributed by atoms with Crippen molar-refractivity contribution in [1.29, 1.82) is 0 Å². The number of hydrogen-bond donors (Lipinski definition) is 0. The van der Waals surface area contributed by atoms with Gasteiger partial charge in [-0.1, -0.05) is 44.0 Å². The van der Waals surface area contributed by atoms with Crippen LogP contribution in [-0.4, -0.2) is 5.78 Å². The highest BCUT2D eigenvalue weighted by atomic mass is 19.1. The summed E-state index contributed by atoms with van der Waals surface area (Å²) in [5.41, 5.74) is 1.33. The first-order valence-electron chi connectivity index (χ1n) is 8.39. The van der Waals surface area contributed by atoms with E-state index in [-0.39, 0.29) is 17.5 Å². The first-order chi connectivity index (χ1) is 10.6. The van der Waals surface area contributed by atoms with E-state index in [2.05, 4.69) is 6.92 Å². The zero-order valence-corrected chi connectivity index (χ0v) is 12.9. The second-order valence-corrected chi connectivity index (χ2v) is 7.13. The number of hydrogen-bond acceptors (Lipinski definition) is 1. The van der Waals surface area contributed by atoms with Crippen LogP contribution in [0.1, 0.15) is 48.5 Å². The van der Waals surface area contributed by atoms with Crippen LogP contribution in [0.25, 0.3) is 10.8 Å². The summed E-state index contributed by atoms with van der Waals surface area (Å²) < 4.78 is 14.5. The Morgan fingerprint density at radius 2 is 1.82 bits per heavy atom. The van der Waals surface area contributed by atoms with Gasteiger partial charge in [0.25, 0.3) is 0 Å². The van der Waals surface area contributed by atoms with Crippen LogP contribution in [0, 0.1) is 23.6 Å². The van der Waals surface area contributed by atoms with Gasteiger partial charge < -0.3 is 0 Å². The Bertz CT molecular complexity index is 741. The second-order valence-electron chi connectivity index (χ2n) is 7.13. The van der Waals surface area contributed by atoms with Crippen LogP contribution >= 0.6 is 0 Å². The molecule has 1 nitrogen and oxygen atoms in total. The fourth-order valence-corrected chi connectivity index (χ4v) is 4.43. The van der Waals surface area contributed by atoms with Crippen molar-refractivity contribution in [2.24, 2.45) is 17.8 Å². The maximum Gasteiger partial charge on any atom is 0.169 e. The average Bonchev–Trinajstić information content (AvgIpc) is 2.87. The van der Waals surface area contributed by atoms with Gasteiger partial charge in [0.15, 0.2) is 5.78 Å². The molecule has 0 amide bonds. The first-order valence-corrected chi connectivity index (χ1v) is 8.39. The SMILES string of the molecule is CC1CCC(C2Cc3c(c(F)cc4ccccc34)C2=O)CC1. The number of rotatable bonds is 1. The lowest BCUT2D eigenvalue weighted by atomic mass is 9.75. The van der Waals surface area contributed by atoms with Crippen LogP contribution in [0.5, 0.6) is 0 Å². The lowest BCUT2D eigenvalue weighted by Crippen LogP contribution is -2.25. The van der Waals surface area contributed by atoms with E-state index in [9.17, 15) is 9.18 Å². The Kier molecular flexibility index (Phi) is 3.28. The molecule has 0 aromatic heterocycles. The standard InChI is InChI=1S/C20H21FO/c1-12-6-8-13(9-7-12)16-11-17-15-5-3-2-4-14(15)10-18(21)19(17)20(16)22/h2-5,10,12-13,16H,6-9,11H2,1H3. The molecule has 4 rings (SSSR count). The summed E-state index contributed by atoms with van der Waals surface area (Å²) in [5, 5.41) is 1.96. The molecule has 2 aromatic carbocycles. The van der Waals surface area contributed by atoms with Gasteiger partial charge in [-0.05, 0) is 53.5 Å². The molecule has 114 valence electrons. The molecule has 1 atom stereocenters. The van der Waals surface area contributed by atoms with Crippen LogP contribution < -0.4 is 0 Å². The van der Waals surface area contributed by atoms with Crippen LogP contribution in [0.15, 0.2) is 30.3 Å². The maximum atomic E-state index is 14.5. The quantitative estimate of drug-likeness (QED) is 0.710. The number of ketones is 1. The van der Waals surface area contributed by atoms with Gasteiger partial charge >= 0.3 is 0 Å². The van der Waals surface area contributed by atoms with E-state index >= 15 is 0 Å². The zero-order valence-electron chi connectivity index (χ0n) is 12.9. The summed E-state index contributed by atoms with van der Waals surface area (Å²) in [7, 11) is 0. The molecule has 0 bridgehead atoms. The maximum absolute atomic E-state index is 14.5. The van der Waals surface area contributed by atoms with Crippen LogP contribution in [0.4, 0.5) is 4.39 Å². The Hall–Kier alpha value is -1.70. The Labute approximate surface area is 130 Å². The van der Waals surface area contributed by atoms with Crippen molar-refractivity contribution in [2.45, 2.75) is 39.0 Å². The molecule has 2 aliphatic rings. The van der Waals surface area contributed by atoms with Crippen LogP contribution in [0.2, 0.25) is 0 Å². The van der Waals surface area contributed by atoms with Crippen molar-refractivity contribution in [3.63, 3.8) is 0 Å². The topological polar surface area (TPSA) is 17.1 Å². The highest BCUT2D eigenvalue weighted by molar-refractivity contribution is 6.07. The zero-order chi connectivity index (χ0) is 15.3. The third-order valence-corrected chi connectivity index (χ3v) is 5.75. The van der Waals surface area contributed by atoms with Crippen molar-refractivity contribution >= 4 is 16.6 Å². The van der Waals surface area contributed by atoms with Gasteiger partial charge in [0.05, 0.1) is 5.56 Å². The van der Waals surface area contributed by atoms with E-state index in [1.54, 1.807) is 0 Å². The Balaban J connectivity index is 1.75. The molecule has 2 heteroatoms. The van der Waals surface area contributed by atoms with Crippen molar-refractivity contribution in [1.82, 2.24) is 0 Å². The molecule has 1 saturated carbocycles. The van der Waals surface area contributed by atoms with Crippen LogP contribution in [0.3, 0.4) is 0 Å². The molecular weight excluding hydrogens is 275 g/mol. The minimum Gasteiger partial charge on any atom is -0.294 e. The Morgan fingerprint density at radius 1 is 1.09 bits per heavy atom. The number of fused-ring (bicyclic) bond motifs is 3. The lowest BCUT2D eigenvalue weighted by molar-refractivity contribution is 0.0853. The summed E-state index contributed by atoms with van der Waals surface area (Å²) in [6.45, 7) is 2.29. The van der Waals surface area contributed by atoms with Crippen LogP contribution in [-0.2, 0) is 6.42 Å². The Morgan fingerprint density at radius 3 is 2.59 bits per heavy atom. The van der Waals surface area contributed by atoms with E-state index < -0.39 is 0 Å². The molecule has 1 unspecified atom stereocenters. The number of carbonyl (C=O) groups is 1.